The highest BCUT2D eigenvalue weighted by molar-refractivity contribution is 5.85. The molecule has 3 fully saturated rings. The van der Waals surface area contributed by atoms with Crippen molar-refractivity contribution in [2.75, 3.05) is 31.1 Å². The zero-order chi connectivity index (χ0) is 18.9. The molecule has 0 unspecified atom stereocenters. The molecule has 0 spiro atoms. The second-order valence-electron chi connectivity index (χ2n) is 7.92. The third kappa shape index (κ3) is 5.07. The molecular formula is C19H28ClF3N4O. The van der Waals surface area contributed by atoms with Crippen molar-refractivity contribution in [3.05, 3.63) is 17.8 Å². The van der Waals surface area contributed by atoms with Gasteiger partial charge in [-0.1, -0.05) is 6.42 Å². The van der Waals surface area contributed by atoms with E-state index in [9.17, 15) is 13.2 Å². The number of rotatable bonds is 4. The van der Waals surface area contributed by atoms with Crippen LogP contribution < -0.4 is 4.90 Å². The minimum atomic E-state index is -4.44. The van der Waals surface area contributed by atoms with Crippen LogP contribution in [0.15, 0.2) is 12.1 Å². The van der Waals surface area contributed by atoms with Crippen LogP contribution in [0.25, 0.3) is 0 Å². The first kappa shape index (κ1) is 21.6. The van der Waals surface area contributed by atoms with Crippen molar-refractivity contribution in [1.82, 2.24) is 15.1 Å². The van der Waals surface area contributed by atoms with Crippen molar-refractivity contribution >= 4 is 18.2 Å². The highest BCUT2D eigenvalue weighted by Gasteiger charge is 2.34. The molecule has 2 saturated heterocycles. The van der Waals surface area contributed by atoms with Gasteiger partial charge in [-0.3, -0.25) is 0 Å². The standard InChI is InChI=1S/C19H27F3N4O.ClH/c20-19(21,22)17-4-5-18(24-23-17)26-12-8-16(9-13-26)27-15-6-10-25(11-7-15)14-2-1-3-14;/h4-5,14-16H,1-3,6-13H2;1H. The minimum Gasteiger partial charge on any atom is -0.375 e. The van der Waals surface area contributed by atoms with Crippen LogP contribution in [0.4, 0.5) is 19.0 Å². The molecule has 0 radical (unpaired) electrons. The van der Waals surface area contributed by atoms with Gasteiger partial charge in [-0.15, -0.1) is 22.6 Å². The number of piperidine rings is 2. The van der Waals surface area contributed by atoms with E-state index < -0.39 is 11.9 Å². The second kappa shape index (κ2) is 9.13. The third-order valence-electron chi connectivity index (χ3n) is 6.16. The number of ether oxygens (including phenoxy) is 1. The Morgan fingerprint density at radius 1 is 0.857 bits per heavy atom. The Hall–Kier alpha value is -1.12. The molecule has 3 aliphatic rings. The van der Waals surface area contributed by atoms with E-state index in [0.717, 1.165) is 64.0 Å². The number of likely N-dealkylation sites (tertiary alicyclic amines) is 1. The summed E-state index contributed by atoms with van der Waals surface area (Å²) in [4.78, 5) is 4.61. The van der Waals surface area contributed by atoms with Gasteiger partial charge in [0.2, 0.25) is 0 Å². The molecule has 9 heteroatoms. The van der Waals surface area contributed by atoms with Gasteiger partial charge in [0.25, 0.3) is 0 Å². The average molecular weight is 421 g/mol. The maximum absolute atomic E-state index is 12.6. The van der Waals surface area contributed by atoms with E-state index >= 15 is 0 Å². The minimum absolute atomic E-state index is 0. The molecule has 1 aliphatic carbocycles. The number of hydrogen-bond donors (Lipinski definition) is 0. The van der Waals surface area contributed by atoms with Gasteiger partial charge in [0.05, 0.1) is 12.2 Å². The Bertz CT molecular complexity index is 611. The zero-order valence-corrected chi connectivity index (χ0v) is 16.7. The first-order valence-electron chi connectivity index (χ1n) is 10.0. The van der Waals surface area contributed by atoms with E-state index in [4.69, 9.17) is 4.74 Å². The molecule has 158 valence electrons. The molecule has 0 atom stereocenters. The third-order valence-corrected chi connectivity index (χ3v) is 6.16. The highest BCUT2D eigenvalue weighted by atomic mass is 35.5. The highest BCUT2D eigenvalue weighted by Crippen LogP contribution is 2.30. The van der Waals surface area contributed by atoms with E-state index in [-0.39, 0.29) is 18.5 Å². The molecule has 1 aromatic heterocycles. The van der Waals surface area contributed by atoms with E-state index in [1.807, 2.05) is 4.90 Å². The molecular weight excluding hydrogens is 393 g/mol. The normalized spacial score (nSPS) is 23.3. The lowest BCUT2D eigenvalue weighted by molar-refractivity contribution is -0.141. The van der Waals surface area contributed by atoms with Gasteiger partial charge in [-0.25, -0.2) is 0 Å². The van der Waals surface area contributed by atoms with Crippen molar-refractivity contribution in [3.8, 4) is 0 Å². The topological polar surface area (TPSA) is 41.5 Å². The molecule has 28 heavy (non-hydrogen) atoms. The molecule has 0 N–H and O–H groups in total. The molecule has 1 aromatic rings. The first-order valence-corrected chi connectivity index (χ1v) is 10.0. The molecule has 0 bridgehead atoms. The van der Waals surface area contributed by atoms with Crippen molar-refractivity contribution in [2.24, 2.45) is 0 Å². The number of alkyl halides is 3. The maximum atomic E-state index is 12.6. The number of nitrogens with zero attached hydrogens (tertiary/aromatic N) is 4. The summed E-state index contributed by atoms with van der Waals surface area (Å²) < 4.78 is 44.1. The number of hydrogen-bond acceptors (Lipinski definition) is 5. The molecule has 0 amide bonds. The zero-order valence-electron chi connectivity index (χ0n) is 15.9. The Labute approximate surface area is 170 Å². The van der Waals surface area contributed by atoms with E-state index in [0.29, 0.717) is 11.9 Å². The summed E-state index contributed by atoms with van der Waals surface area (Å²) in [6.45, 7) is 3.78. The van der Waals surface area contributed by atoms with Crippen LogP contribution >= 0.6 is 12.4 Å². The van der Waals surface area contributed by atoms with Crippen LogP contribution in [-0.2, 0) is 10.9 Å². The number of halogens is 4. The predicted octanol–water partition coefficient (Wildman–Crippen LogP) is 3.92. The fraction of sp³-hybridized carbons (Fsp3) is 0.789. The van der Waals surface area contributed by atoms with E-state index in [2.05, 4.69) is 15.1 Å². The van der Waals surface area contributed by atoms with Gasteiger partial charge in [0.1, 0.15) is 0 Å². The van der Waals surface area contributed by atoms with Gasteiger partial charge < -0.3 is 14.5 Å². The van der Waals surface area contributed by atoms with Crippen LogP contribution in [0.1, 0.15) is 50.6 Å². The molecule has 4 rings (SSSR count). The largest absolute Gasteiger partial charge is 0.435 e. The van der Waals surface area contributed by atoms with Crippen LogP contribution in [0.5, 0.6) is 0 Å². The quantitative estimate of drug-likeness (QED) is 0.738. The first-order chi connectivity index (χ1) is 13.0. The summed E-state index contributed by atoms with van der Waals surface area (Å²) >= 11 is 0. The summed E-state index contributed by atoms with van der Waals surface area (Å²) in [6, 6.07) is 3.23. The summed E-state index contributed by atoms with van der Waals surface area (Å²) in [7, 11) is 0. The molecule has 2 aliphatic heterocycles. The van der Waals surface area contributed by atoms with Crippen molar-refractivity contribution in [3.63, 3.8) is 0 Å². The Morgan fingerprint density at radius 3 is 1.93 bits per heavy atom. The lowest BCUT2D eigenvalue weighted by Crippen LogP contribution is -2.47. The van der Waals surface area contributed by atoms with E-state index in [1.165, 1.54) is 25.3 Å². The lowest BCUT2D eigenvalue weighted by atomic mass is 9.89. The molecule has 1 saturated carbocycles. The SMILES string of the molecule is Cl.FC(F)(F)c1ccc(N2CCC(OC3CCN(C4CCC4)CC3)CC2)nn1. The molecule has 3 heterocycles. The van der Waals surface area contributed by atoms with Crippen molar-refractivity contribution in [1.29, 1.82) is 0 Å². The van der Waals surface area contributed by atoms with Crippen LogP contribution in [0, 0.1) is 0 Å². The molecule has 5 nitrogen and oxygen atoms in total. The average Bonchev–Trinajstić information content (AvgIpc) is 2.62. The van der Waals surface area contributed by atoms with Gasteiger partial charge in [0, 0.05) is 32.2 Å². The van der Waals surface area contributed by atoms with Gasteiger partial charge in [-0.2, -0.15) is 13.2 Å². The maximum Gasteiger partial charge on any atom is 0.435 e. The number of aromatic nitrogens is 2. The van der Waals surface area contributed by atoms with Gasteiger partial charge in [-0.05, 0) is 50.7 Å². The van der Waals surface area contributed by atoms with Crippen molar-refractivity contribution in [2.45, 2.75) is 69.4 Å². The number of anilines is 1. The van der Waals surface area contributed by atoms with Crippen molar-refractivity contribution < 1.29 is 17.9 Å². The second-order valence-corrected chi connectivity index (χ2v) is 7.92. The lowest BCUT2D eigenvalue weighted by Gasteiger charge is -2.42. The van der Waals surface area contributed by atoms with Crippen LogP contribution in [0.2, 0.25) is 0 Å². The summed E-state index contributed by atoms with van der Waals surface area (Å²) in [5.41, 5.74) is -0.947. The van der Waals surface area contributed by atoms with Gasteiger partial charge >= 0.3 is 6.18 Å². The van der Waals surface area contributed by atoms with Crippen LogP contribution in [-0.4, -0.2) is 59.5 Å². The van der Waals surface area contributed by atoms with Gasteiger partial charge in [0.15, 0.2) is 11.5 Å². The summed E-state index contributed by atoms with van der Waals surface area (Å²) in [5, 5.41) is 7.08. The summed E-state index contributed by atoms with van der Waals surface area (Å²) in [6.07, 6.45) is 4.23. The Kier molecular flexibility index (Phi) is 7.04. The molecule has 0 aromatic carbocycles. The Morgan fingerprint density at radius 2 is 1.46 bits per heavy atom. The fourth-order valence-electron chi connectivity index (χ4n) is 4.27. The fourth-order valence-corrected chi connectivity index (χ4v) is 4.27. The van der Waals surface area contributed by atoms with Crippen LogP contribution in [0.3, 0.4) is 0 Å². The smallest absolute Gasteiger partial charge is 0.375 e. The monoisotopic (exact) mass is 420 g/mol. The van der Waals surface area contributed by atoms with E-state index in [1.54, 1.807) is 0 Å². The predicted molar refractivity (Wildman–Crippen MR) is 103 cm³/mol. The Balaban J connectivity index is 0.00000225. The summed E-state index contributed by atoms with van der Waals surface area (Å²) in [5.74, 6) is 0.509.